The van der Waals surface area contributed by atoms with E-state index in [0.29, 0.717) is 35.7 Å². The van der Waals surface area contributed by atoms with Crippen molar-refractivity contribution in [2.24, 2.45) is 0 Å². The molecular weight excluding hydrogens is 436 g/mol. The van der Waals surface area contributed by atoms with Gasteiger partial charge in [0.05, 0.1) is 24.7 Å². The van der Waals surface area contributed by atoms with Gasteiger partial charge in [-0.1, -0.05) is 0 Å². The maximum Gasteiger partial charge on any atom is 0.255 e. The van der Waals surface area contributed by atoms with E-state index in [9.17, 15) is 13.2 Å². The first-order valence-electron chi connectivity index (χ1n) is 10.0. The molecule has 168 valence electrons. The first-order valence-corrected chi connectivity index (χ1v) is 12.7. The number of methoxy groups -OCH3 is 2. The third kappa shape index (κ3) is 5.16. The summed E-state index contributed by atoms with van der Waals surface area (Å²) >= 11 is 1.43. The predicted octanol–water partition coefficient (Wildman–Crippen LogP) is 3.70. The molecule has 2 aromatic rings. The zero-order chi connectivity index (χ0) is 22.6. The zero-order valence-electron chi connectivity index (χ0n) is 18.2. The topological polar surface area (TPSA) is 84.9 Å². The number of hydrogen-bond acceptors (Lipinski definition) is 6. The second-order valence-corrected chi connectivity index (χ2v) is 9.87. The molecule has 2 aromatic carbocycles. The third-order valence-corrected chi connectivity index (χ3v) is 7.67. The lowest BCUT2D eigenvalue weighted by Gasteiger charge is -2.20. The molecule has 1 atom stereocenters. The van der Waals surface area contributed by atoms with Crippen LogP contribution in [0.2, 0.25) is 0 Å². The molecule has 7 nitrogen and oxygen atoms in total. The van der Waals surface area contributed by atoms with Crippen LogP contribution in [0.4, 0.5) is 0 Å². The molecule has 9 heteroatoms. The number of sulfonamides is 1. The maximum absolute atomic E-state index is 13.2. The minimum absolute atomic E-state index is 0.0570. The Morgan fingerprint density at radius 3 is 2.42 bits per heavy atom. The van der Waals surface area contributed by atoms with Crippen LogP contribution in [0.15, 0.2) is 46.2 Å². The van der Waals surface area contributed by atoms with Gasteiger partial charge in [-0.15, -0.1) is 11.8 Å². The Morgan fingerprint density at radius 2 is 1.81 bits per heavy atom. The smallest absolute Gasteiger partial charge is 0.255 e. The fraction of sp³-hybridized carbons (Fsp3) is 0.409. The molecule has 0 saturated carbocycles. The Bertz CT molecular complexity index is 1050. The molecule has 1 heterocycles. The van der Waals surface area contributed by atoms with E-state index in [1.165, 1.54) is 31.0 Å². The van der Waals surface area contributed by atoms with Crippen molar-refractivity contribution in [1.29, 1.82) is 0 Å². The Kier molecular flexibility index (Phi) is 7.51. The number of carbonyl (C=O) groups excluding carboxylic acids is 1. The highest BCUT2D eigenvalue weighted by molar-refractivity contribution is 7.98. The van der Waals surface area contributed by atoms with Gasteiger partial charge in [0.15, 0.2) is 0 Å². The number of nitrogens with one attached hydrogen (secondary N) is 1. The van der Waals surface area contributed by atoms with E-state index < -0.39 is 16.1 Å². The van der Waals surface area contributed by atoms with Gasteiger partial charge in [0.2, 0.25) is 10.0 Å². The van der Waals surface area contributed by atoms with Crippen LogP contribution >= 0.6 is 11.8 Å². The molecule has 1 aliphatic rings. The van der Waals surface area contributed by atoms with E-state index in [2.05, 4.69) is 4.72 Å². The molecule has 0 aromatic heterocycles. The van der Waals surface area contributed by atoms with E-state index in [-0.39, 0.29) is 10.8 Å². The molecule has 0 spiro atoms. The van der Waals surface area contributed by atoms with E-state index in [1.54, 1.807) is 43.2 Å². The molecule has 3 rings (SSSR count). The van der Waals surface area contributed by atoms with Crippen molar-refractivity contribution in [2.45, 2.75) is 35.6 Å². The molecule has 0 bridgehead atoms. The molecule has 0 unspecified atom stereocenters. The van der Waals surface area contributed by atoms with Crippen molar-refractivity contribution in [3.63, 3.8) is 0 Å². The summed E-state index contributed by atoms with van der Waals surface area (Å²) in [6.45, 7) is 3.14. The quantitative estimate of drug-likeness (QED) is 0.600. The van der Waals surface area contributed by atoms with Gasteiger partial charge < -0.3 is 14.4 Å². The Hall–Kier alpha value is -2.23. The van der Waals surface area contributed by atoms with Crippen molar-refractivity contribution in [3.05, 3.63) is 47.5 Å². The van der Waals surface area contributed by atoms with Crippen LogP contribution in [0.1, 0.15) is 41.7 Å². The molecule has 1 fully saturated rings. The van der Waals surface area contributed by atoms with Crippen LogP contribution in [-0.4, -0.2) is 52.8 Å². The van der Waals surface area contributed by atoms with Crippen LogP contribution in [0.5, 0.6) is 11.5 Å². The first-order chi connectivity index (χ1) is 14.8. The Labute approximate surface area is 188 Å². The summed E-state index contributed by atoms with van der Waals surface area (Å²) in [6.07, 6.45) is 3.82. The highest BCUT2D eigenvalue weighted by Crippen LogP contribution is 2.31. The Balaban J connectivity index is 1.91. The molecule has 1 N–H and O–H groups in total. The summed E-state index contributed by atoms with van der Waals surface area (Å²) < 4.78 is 39.6. The highest BCUT2D eigenvalue weighted by atomic mass is 32.2. The van der Waals surface area contributed by atoms with Crippen LogP contribution in [0.25, 0.3) is 0 Å². The van der Waals surface area contributed by atoms with Gasteiger partial charge in [0, 0.05) is 29.6 Å². The summed E-state index contributed by atoms with van der Waals surface area (Å²) in [5.74, 6) is 1.03. The summed E-state index contributed by atoms with van der Waals surface area (Å²) in [4.78, 5) is 15.6. The predicted molar refractivity (Wildman–Crippen MR) is 122 cm³/mol. The van der Waals surface area contributed by atoms with Crippen molar-refractivity contribution < 1.29 is 22.7 Å². The molecule has 31 heavy (non-hydrogen) atoms. The van der Waals surface area contributed by atoms with Gasteiger partial charge in [-0.05, 0) is 62.4 Å². The van der Waals surface area contributed by atoms with Gasteiger partial charge in [-0.3, -0.25) is 4.79 Å². The number of hydrogen-bond donors (Lipinski definition) is 1. The number of rotatable bonds is 8. The van der Waals surface area contributed by atoms with Crippen molar-refractivity contribution in [3.8, 4) is 11.5 Å². The summed E-state index contributed by atoms with van der Waals surface area (Å²) in [5.41, 5.74) is 1.07. The van der Waals surface area contributed by atoms with Crippen molar-refractivity contribution >= 4 is 27.7 Å². The average Bonchev–Trinajstić information content (AvgIpc) is 3.32. The number of likely N-dealkylation sites (tertiary alicyclic amines) is 1. The summed E-state index contributed by atoms with van der Waals surface area (Å²) in [7, 11) is -0.803. The van der Waals surface area contributed by atoms with E-state index in [4.69, 9.17) is 9.47 Å². The lowest BCUT2D eigenvalue weighted by molar-refractivity contribution is 0.0789. The molecular formula is C22H28N2O5S2. The van der Waals surface area contributed by atoms with Crippen molar-refractivity contribution in [1.82, 2.24) is 9.62 Å². The van der Waals surface area contributed by atoms with E-state index in [0.717, 1.165) is 17.7 Å². The second-order valence-electron chi connectivity index (χ2n) is 7.31. The van der Waals surface area contributed by atoms with Crippen molar-refractivity contribution in [2.75, 3.05) is 33.6 Å². The second kappa shape index (κ2) is 9.93. The number of ether oxygens (including phenoxy) is 2. The van der Waals surface area contributed by atoms with Gasteiger partial charge in [-0.2, -0.15) is 0 Å². The van der Waals surface area contributed by atoms with Crippen LogP contribution in [-0.2, 0) is 10.0 Å². The molecule has 0 aliphatic carbocycles. The number of amides is 1. The molecule has 0 radical (unpaired) electrons. The number of nitrogens with zero attached hydrogens (tertiary/aromatic N) is 1. The zero-order valence-corrected chi connectivity index (χ0v) is 19.8. The van der Waals surface area contributed by atoms with Crippen LogP contribution in [0.3, 0.4) is 0 Å². The number of thioether (sulfide) groups is 1. The molecule has 1 amide bonds. The fourth-order valence-corrected chi connectivity index (χ4v) is 5.47. The molecule has 1 saturated heterocycles. The Morgan fingerprint density at radius 1 is 1.10 bits per heavy atom. The maximum atomic E-state index is 13.2. The number of benzene rings is 2. The first kappa shape index (κ1) is 23.4. The third-order valence-electron chi connectivity index (χ3n) is 5.34. The lowest BCUT2D eigenvalue weighted by atomic mass is 10.1. The minimum Gasteiger partial charge on any atom is -0.497 e. The van der Waals surface area contributed by atoms with Gasteiger partial charge in [-0.25, -0.2) is 13.1 Å². The fourth-order valence-electron chi connectivity index (χ4n) is 3.65. The lowest BCUT2D eigenvalue weighted by Crippen LogP contribution is -2.30. The van der Waals surface area contributed by atoms with E-state index >= 15 is 0 Å². The highest BCUT2D eigenvalue weighted by Gasteiger charge is 2.26. The normalized spacial score (nSPS) is 15.0. The SMILES string of the molecule is COc1ccc(OC)c([C@H](C)NS(=O)(=O)c2ccc(SC)c(C(=O)N3CCCC3)c2)c1. The van der Waals surface area contributed by atoms with Gasteiger partial charge in [0.25, 0.3) is 5.91 Å². The summed E-state index contributed by atoms with van der Waals surface area (Å²) in [5, 5.41) is 0. The summed E-state index contributed by atoms with van der Waals surface area (Å²) in [6, 6.07) is 9.35. The van der Waals surface area contributed by atoms with Gasteiger partial charge in [0.1, 0.15) is 11.5 Å². The standard InChI is InChI=1S/C22H28N2O5S2/c1-15(18-13-16(28-2)7-9-20(18)29-3)23-31(26,27)17-8-10-21(30-4)19(14-17)22(25)24-11-5-6-12-24/h7-10,13-15,23H,5-6,11-12H2,1-4H3/t15-/m0/s1. The van der Waals surface area contributed by atoms with Gasteiger partial charge >= 0.3 is 0 Å². The largest absolute Gasteiger partial charge is 0.497 e. The monoisotopic (exact) mass is 464 g/mol. The minimum atomic E-state index is -3.88. The van der Waals surface area contributed by atoms with Crippen LogP contribution < -0.4 is 14.2 Å². The average molecular weight is 465 g/mol. The molecule has 1 aliphatic heterocycles. The number of carbonyl (C=O) groups is 1. The van der Waals surface area contributed by atoms with Crippen LogP contribution in [0, 0.1) is 0 Å². The van der Waals surface area contributed by atoms with E-state index in [1.807, 2.05) is 6.26 Å².